The topological polar surface area (TPSA) is 55.0 Å². The van der Waals surface area contributed by atoms with Crippen molar-refractivity contribution in [1.29, 1.82) is 0 Å². The van der Waals surface area contributed by atoms with Crippen LogP contribution in [-0.4, -0.2) is 41.1 Å². The van der Waals surface area contributed by atoms with Gasteiger partial charge in [-0.25, -0.2) is 9.97 Å². The van der Waals surface area contributed by atoms with E-state index in [-0.39, 0.29) is 6.04 Å². The highest BCUT2D eigenvalue weighted by atomic mass is 32.2. The second kappa shape index (κ2) is 6.81. The summed E-state index contributed by atoms with van der Waals surface area (Å²) in [5.41, 5.74) is 6.83. The maximum atomic E-state index is 5.74. The number of hydrogen-bond donors (Lipinski definition) is 1. The van der Waals surface area contributed by atoms with E-state index in [9.17, 15) is 0 Å². The van der Waals surface area contributed by atoms with Gasteiger partial charge in [0.05, 0.1) is 0 Å². The smallest absolute Gasteiger partial charge is 0.225 e. The maximum Gasteiger partial charge on any atom is 0.225 e. The Kier molecular flexibility index (Phi) is 5.71. The van der Waals surface area contributed by atoms with Gasteiger partial charge >= 0.3 is 0 Å². The Bertz CT molecular complexity index is 326. The molecule has 4 nitrogen and oxygen atoms in total. The van der Waals surface area contributed by atoms with Crippen molar-refractivity contribution in [3.05, 3.63) is 18.0 Å². The quantitative estimate of drug-likeness (QED) is 0.835. The lowest BCUT2D eigenvalue weighted by Gasteiger charge is -2.24. The van der Waals surface area contributed by atoms with Crippen molar-refractivity contribution in [3.8, 4) is 0 Å². The van der Waals surface area contributed by atoms with E-state index in [0.29, 0.717) is 6.04 Å². The lowest BCUT2D eigenvalue weighted by Crippen LogP contribution is -2.32. The molecule has 2 unspecified atom stereocenters. The van der Waals surface area contributed by atoms with E-state index in [1.165, 1.54) is 0 Å². The highest BCUT2D eigenvalue weighted by Gasteiger charge is 2.11. The average Bonchev–Trinajstić information content (AvgIpc) is 2.28. The molecule has 0 radical (unpaired) electrons. The molecule has 17 heavy (non-hydrogen) atoms. The Morgan fingerprint density at radius 1 is 1.35 bits per heavy atom. The van der Waals surface area contributed by atoms with Gasteiger partial charge in [0, 0.05) is 37.3 Å². The van der Waals surface area contributed by atoms with E-state index in [2.05, 4.69) is 28.0 Å². The summed E-state index contributed by atoms with van der Waals surface area (Å²) in [4.78, 5) is 10.9. The molecule has 2 N–H and O–H groups in total. The van der Waals surface area contributed by atoms with Crippen LogP contribution in [0.1, 0.15) is 19.4 Å². The summed E-state index contributed by atoms with van der Waals surface area (Å²) < 4.78 is 0. The van der Waals surface area contributed by atoms with Crippen molar-refractivity contribution < 1.29 is 0 Å². The van der Waals surface area contributed by atoms with Gasteiger partial charge in [-0.15, -0.1) is 0 Å². The number of nitrogens with zero attached hydrogens (tertiary/aromatic N) is 3. The molecule has 1 heterocycles. The SMILES string of the molecule is CSCC(C)N(C)c1ncc(CC(C)N)cn1. The molecule has 1 aromatic heterocycles. The number of anilines is 1. The monoisotopic (exact) mass is 254 g/mol. The maximum absolute atomic E-state index is 5.74. The van der Waals surface area contributed by atoms with Crippen LogP contribution in [0.5, 0.6) is 0 Å². The van der Waals surface area contributed by atoms with Crippen LogP contribution in [0, 0.1) is 0 Å². The zero-order chi connectivity index (χ0) is 12.8. The molecule has 0 bridgehead atoms. The van der Waals surface area contributed by atoms with E-state index in [4.69, 9.17) is 5.73 Å². The van der Waals surface area contributed by atoms with Crippen LogP contribution in [0.15, 0.2) is 12.4 Å². The minimum atomic E-state index is 0.151. The van der Waals surface area contributed by atoms with E-state index < -0.39 is 0 Å². The molecular weight excluding hydrogens is 232 g/mol. The largest absolute Gasteiger partial charge is 0.340 e. The molecular formula is C12H22N4S. The second-order valence-corrected chi connectivity index (χ2v) is 5.40. The summed E-state index contributed by atoms with van der Waals surface area (Å²) in [7, 11) is 2.03. The Hall–Kier alpha value is -0.810. The molecule has 5 heteroatoms. The molecule has 96 valence electrons. The standard InChI is InChI=1S/C12H22N4S/c1-9(13)5-11-6-14-12(15-7-11)16(3)10(2)8-17-4/h6-7,9-10H,5,8,13H2,1-4H3. The molecule has 0 spiro atoms. The van der Waals surface area contributed by atoms with Gasteiger partial charge in [0.1, 0.15) is 0 Å². The highest BCUT2D eigenvalue weighted by Crippen LogP contribution is 2.12. The van der Waals surface area contributed by atoms with Crippen molar-refractivity contribution in [2.75, 3.05) is 24.0 Å². The number of thioether (sulfide) groups is 1. The van der Waals surface area contributed by atoms with Crippen LogP contribution in [-0.2, 0) is 6.42 Å². The number of hydrogen-bond acceptors (Lipinski definition) is 5. The first-order valence-corrected chi connectivity index (χ1v) is 7.22. The summed E-state index contributed by atoms with van der Waals surface area (Å²) in [6, 6.07) is 0.585. The van der Waals surface area contributed by atoms with Crippen molar-refractivity contribution >= 4 is 17.7 Å². The zero-order valence-electron chi connectivity index (χ0n) is 11.1. The lowest BCUT2D eigenvalue weighted by molar-refractivity contribution is 0.718. The molecule has 0 aromatic carbocycles. The van der Waals surface area contributed by atoms with Crippen LogP contribution < -0.4 is 10.6 Å². The van der Waals surface area contributed by atoms with E-state index in [0.717, 1.165) is 23.7 Å². The minimum Gasteiger partial charge on any atom is -0.340 e. The highest BCUT2D eigenvalue weighted by molar-refractivity contribution is 7.98. The zero-order valence-corrected chi connectivity index (χ0v) is 11.9. The number of rotatable bonds is 6. The summed E-state index contributed by atoms with van der Waals surface area (Å²) in [6.07, 6.45) is 6.67. The van der Waals surface area contributed by atoms with Crippen molar-refractivity contribution in [2.45, 2.75) is 32.4 Å². The Labute approximate surface area is 108 Å². The van der Waals surface area contributed by atoms with Crippen molar-refractivity contribution in [3.63, 3.8) is 0 Å². The summed E-state index contributed by atoms with van der Waals surface area (Å²) in [5.74, 6) is 1.85. The molecule has 0 amide bonds. The first kappa shape index (κ1) is 14.3. The second-order valence-electron chi connectivity index (χ2n) is 4.49. The molecule has 0 fully saturated rings. The fraction of sp³-hybridized carbons (Fsp3) is 0.667. The fourth-order valence-electron chi connectivity index (χ4n) is 1.56. The van der Waals surface area contributed by atoms with E-state index in [1.807, 2.05) is 38.1 Å². The lowest BCUT2D eigenvalue weighted by atomic mass is 10.1. The minimum absolute atomic E-state index is 0.151. The van der Waals surface area contributed by atoms with Gasteiger partial charge in [0.25, 0.3) is 0 Å². The van der Waals surface area contributed by atoms with Crippen LogP contribution in [0.3, 0.4) is 0 Å². The van der Waals surface area contributed by atoms with Gasteiger partial charge in [-0.1, -0.05) is 0 Å². The Balaban J connectivity index is 2.66. The predicted octanol–water partition coefficient (Wildman–Crippen LogP) is 1.55. The van der Waals surface area contributed by atoms with Crippen molar-refractivity contribution in [2.24, 2.45) is 5.73 Å². The van der Waals surface area contributed by atoms with E-state index >= 15 is 0 Å². The molecule has 0 aliphatic rings. The first-order valence-electron chi connectivity index (χ1n) is 5.82. The summed E-state index contributed by atoms with van der Waals surface area (Å²) in [6.45, 7) is 4.16. The van der Waals surface area contributed by atoms with Gasteiger partial charge < -0.3 is 10.6 Å². The van der Waals surface area contributed by atoms with Crippen LogP contribution in [0.2, 0.25) is 0 Å². The Morgan fingerprint density at radius 3 is 2.41 bits per heavy atom. The third-order valence-corrected chi connectivity index (χ3v) is 3.45. The molecule has 0 saturated carbocycles. The van der Waals surface area contributed by atoms with E-state index in [1.54, 1.807) is 0 Å². The van der Waals surface area contributed by atoms with Gasteiger partial charge in [-0.05, 0) is 32.1 Å². The number of aromatic nitrogens is 2. The van der Waals surface area contributed by atoms with Crippen LogP contribution in [0.25, 0.3) is 0 Å². The van der Waals surface area contributed by atoms with Crippen molar-refractivity contribution in [1.82, 2.24) is 9.97 Å². The molecule has 0 aliphatic carbocycles. The average molecular weight is 254 g/mol. The summed E-state index contributed by atoms with van der Waals surface area (Å²) in [5, 5.41) is 0. The molecule has 2 atom stereocenters. The molecule has 0 aliphatic heterocycles. The van der Waals surface area contributed by atoms with Gasteiger partial charge in [0.15, 0.2) is 0 Å². The van der Waals surface area contributed by atoms with Crippen LogP contribution in [0.4, 0.5) is 5.95 Å². The molecule has 1 rings (SSSR count). The Morgan fingerprint density at radius 2 is 1.94 bits per heavy atom. The molecule has 1 aromatic rings. The normalized spacial score (nSPS) is 14.4. The summed E-state index contributed by atoms with van der Waals surface area (Å²) >= 11 is 1.83. The van der Waals surface area contributed by atoms with Gasteiger partial charge in [-0.3, -0.25) is 0 Å². The fourth-order valence-corrected chi connectivity index (χ4v) is 2.26. The first-order chi connectivity index (χ1) is 8.04. The van der Waals surface area contributed by atoms with Gasteiger partial charge in [-0.2, -0.15) is 11.8 Å². The van der Waals surface area contributed by atoms with Crippen LogP contribution >= 0.6 is 11.8 Å². The third kappa shape index (κ3) is 4.52. The van der Waals surface area contributed by atoms with Gasteiger partial charge in [0.2, 0.25) is 5.95 Å². The predicted molar refractivity (Wildman–Crippen MR) is 75.6 cm³/mol. The number of nitrogens with two attached hydrogens (primary N) is 1. The molecule has 0 saturated heterocycles. The third-order valence-electron chi connectivity index (χ3n) is 2.63.